The van der Waals surface area contributed by atoms with E-state index in [0.717, 1.165) is 42.0 Å². The summed E-state index contributed by atoms with van der Waals surface area (Å²) in [6.45, 7) is 20.4. The summed E-state index contributed by atoms with van der Waals surface area (Å²) in [4.78, 5) is 16.4. The first kappa shape index (κ1) is 23.3. The molecule has 0 radical (unpaired) electrons. The number of hydrogen-bond acceptors (Lipinski definition) is 4. The molecule has 1 aromatic carbocycles. The van der Waals surface area contributed by atoms with Crippen LogP contribution in [0.1, 0.15) is 43.0 Å². The van der Waals surface area contributed by atoms with Crippen LogP contribution >= 0.6 is 0 Å². The van der Waals surface area contributed by atoms with Gasteiger partial charge in [-0.2, -0.15) is 0 Å². The molecule has 1 aliphatic heterocycles. The first-order valence-corrected chi connectivity index (χ1v) is 13.9. The summed E-state index contributed by atoms with van der Waals surface area (Å²) in [7, 11) is -1.45. The van der Waals surface area contributed by atoms with E-state index >= 15 is 0 Å². The monoisotopic (exact) mass is 415 g/mol. The highest BCUT2D eigenvalue weighted by Gasteiger charge is 2.26. The van der Waals surface area contributed by atoms with Crippen molar-refractivity contribution >= 4 is 19.9 Å². The molecule has 1 aromatic rings. The van der Waals surface area contributed by atoms with Gasteiger partial charge in [-0.15, -0.1) is 5.54 Å². The van der Waals surface area contributed by atoms with Gasteiger partial charge in [-0.25, -0.2) is 4.79 Å². The minimum absolute atomic E-state index is 0.225. The largest absolute Gasteiger partial charge is 0.444 e. The number of amides is 1. The maximum atomic E-state index is 12.3. The van der Waals surface area contributed by atoms with Gasteiger partial charge in [-0.05, 0) is 57.4 Å². The van der Waals surface area contributed by atoms with Crippen molar-refractivity contribution in [2.24, 2.45) is 0 Å². The smallest absolute Gasteiger partial charge is 0.410 e. The summed E-state index contributed by atoms with van der Waals surface area (Å²) in [6.07, 6.45) is -0.225. The maximum absolute atomic E-state index is 12.3. The molecule has 1 aliphatic rings. The number of nitrogen functional groups attached to an aromatic ring is 1. The molecule has 0 aliphatic carbocycles. The lowest BCUT2D eigenvalue weighted by molar-refractivity contribution is 0.0139. The molecular formula is C23H37N3O2Si. The Balaban J connectivity index is 2.10. The molecule has 6 heteroatoms. The molecule has 0 spiro atoms. The number of carbonyl (C=O) groups excluding carboxylic acids is 1. The summed E-state index contributed by atoms with van der Waals surface area (Å²) in [6, 6.07) is 2.20. The van der Waals surface area contributed by atoms with Crippen molar-refractivity contribution in [2.45, 2.75) is 66.4 Å². The molecule has 160 valence electrons. The third-order valence-corrected chi connectivity index (χ3v) is 5.88. The standard InChI is InChI=1S/C23H37N3O2Si/c1-17-19(9-14-29(6,7)8)15-20(18(2)21(17)24)16-25-10-12-26(13-11-25)22(27)28-23(3,4)5/h15H,10-13,16,24H2,1-8H3. The number of benzene rings is 1. The van der Waals surface area contributed by atoms with Gasteiger partial charge < -0.3 is 15.4 Å². The number of carbonyl (C=O) groups is 1. The van der Waals surface area contributed by atoms with Crippen LogP contribution in [0.25, 0.3) is 0 Å². The topological polar surface area (TPSA) is 58.8 Å². The van der Waals surface area contributed by atoms with E-state index in [4.69, 9.17) is 10.5 Å². The lowest BCUT2D eigenvalue weighted by Crippen LogP contribution is -2.49. The third-order valence-electron chi connectivity index (χ3n) is 5.00. The van der Waals surface area contributed by atoms with Crippen molar-refractivity contribution < 1.29 is 9.53 Å². The van der Waals surface area contributed by atoms with Gasteiger partial charge >= 0.3 is 6.09 Å². The molecule has 2 rings (SSSR count). The molecule has 1 fully saturated rings. The van der Waals surface area contributed by atoms with Crippen molar-refractivity contribution in [2.75, 3.05) is 31.9 Å². The van der Waals surface area contributed by atoms with Gasteiger partial charge in [0.15, 0.2) is 0 Å². The summed E-state index contributed by atoms with van der Waals surface area (Å²) >= 11 is 0. The number of hydrogen-bond donors (Lipinski definition) is 1. The van der Waals surface area contributed by atoms with E-state index in [1.54, 1.807) is 4.90 Å². The highest BCUT2D eigenvalue weighted by molar-refractivity contribution is 6.83. The molecule has 5 nitrogen and oxygen atoms in total. The summed E-state index contributed by atoms with van der Waals surface area (Å²) < 4.78 is 5.49. The lowest BCUT2D eigenvalue weighted by atomic mass is 9.97. The van der Waals surface area contributed by atoms with Gasteiger partial charge in [0.05, 0.1) is 0 Å². The van der Waals surface area contributed by atoms with Gasteiger partial charge in [-0.3, -0.25) is 4.90 Å². The molecule has 1 saturated heterocycles. The molecule has 0 atom stereocenters. The molecule has 0 bridgehead atoms. The van der Waals surface area contributed by atoms with Gasteiger partial charge in [0, 0.05) is 44.0 Å². The number of rotatable bonds is 2. The quantitative estimate of drug-likeness (QED) is 0.447. The third kappa shape index (κ3) is 6.79. The Morgan fingerprint density at radius 3 is 2.24 bits per heavy atom. The van der Waals surface area contributed by atoms with E-state index in [1.807, 2.05) is 20.8 Å². The predicted molar refractivity (Wildman–Crippen MR) is 124 cm³/mol. The SMILES string of the molecule is Cc1c(C#C[Si](C)(C)C)cc(CN2CCN(C(=O)OC(C)(C)C)CC2)c(C)c1N. The van der Waals surface area contributed by atoms with E-state index in [1.165, 1.54) is 5.56 Å². The van der Waals surface area contributed by atoms with Crippen LogP contribution in [0.3, 0.4) is 0 Å². The van der Waals surface area contributed by atoms with Crippen LogP contribution in [0.4, 0.5) is 10.5 Å². The van der Waals surface area contributed by atoms with Crippen molar-refractivity contribution in [3.63, 3.8) is 0 Å². The lowest BCUT2D eigenvalue weighted by Gasteiger charge is -2.36. The van der Waals surface area contributed by atoms with Crippen LogP contribution in [0.2, 0.25) is 19.6 Å². The normalized spacial score (nSPS) is 15.7. The summed E-state index contributed by atoms with van der Waals surface area (Å²) in [5.74, 6) is 3.39. The van der Waals surface area contributed by atoms with Crippen LogP contribution in [0.5, 0.6) is 0 Å². The minimum Gasteiger partial charge on any atom is -0.444 e. The zero-order valence-corrected chi connectivity index (χ0v) is 20.4. The van der Waals surface area contributed by atoms with Crippen LogP contribution in [0, 0.1) is 25.3 Å². The number of ether oxygens (including phenoxy) is 1. The van der Waals surface area contributed by atoms with Crippen molar-refractivity contribution in [1.82, 2.24) is 9.80 Å². The zero-order chi connectivity index (χ0) is 22.0. The average molecular weight is 416 g/mol. The fourth-order valence-electron chi connectivity index (χ4n) is 3.19. The van der Waals surface area contributed by atoms with E-state index in [-0.39, 0.29) is 6.09 Å². The minimum atomic E-state index is -1.45. The first-order chi connectivity index (χ1) is 13.3. The van der Waals surface area contributed by atoms with Gasteiger partial charge in [0.1, 0.15) is 13.7 Å². The Hall–Kier alpha value is -1.97. The second-order valence-electron chi connectivity index (χ2n) is 9.99. The number of anilines is 1. The van der Waals surface area contributed by atoms with Crippen LogP contribution in [-0.4, -0.2) is 55.7 Å². The van der Waals surface area contributed by atoms with Crippen molar-refractivity contribution in [3.05, 3.63) is 28.3 Å². The van der Waals surface area contributed by atoms with E-state index in [0.29, 0.717) is 13.1 Å². The summed E-state index contributed by atoms with van der Waals surface area (Å²) in [5, 5.41) is 0. The number of nitrogens with two attached hydrogens (primary N) is 1. The molecule has 1 heterocycles. The average Bonchev–Trinajstić information content (AvgIpc) is 2.59. The molecule has 1 amide bonds. The predicted octanol–water partition coefficient (Wildman–Crippen LogP) is 4.17. The maximum Gasteiger partial charge on any atom is 0.410 e. The Morgan fingerprint density at radius 2 is 1.72 bits per heavy atom. The fraction of sp³-hybridized carbons (Fsp3) is 0.609. The van der Waals surface area contributed by atoms with E-state index in [9.17, 15) is 4.79 Å². The van der Waals surface area contributed by atoms with Gasteiger partial charge in [-0.1, -0.05) is 25.6 Å². The Morgan fingerprint density at radius 1 is 1.14 bits per heavy atom. The molecule has 0 saturated carbocycles. The fourth-order valence-corrected chi connectivity index (χ4v) is 3.70. The molecular weight excluding hydrogens is 378 g/mol. The van der Waals surface area contributed by atoms with Crippen molar-refractivity contribution in [1.29, 1.82) is 0 Å². The number of piperazine rings is 1. The Labute approximate surface area is 177 Å². The van der Waals surface area contributed by atoms with Crippen LogP contribution in [0.15, 0.2) is 6.07 Å². The highest BCUT2D eigenvalue weighted by Crippen LogP contribution is 2.26. The summed E-state index contributed by atoms with van der Waals surface area (Å²) in [5.41, 5.74) is 14.7. The first-order valence-electron chi connectivity index (χ1n) is 10.4. The molecule has 2 N–H and O–H groups in total. The highest BCUT2D eigenvalue weighted by atomic mass is 28.3. The van der Waals surface area contributed by atoms with Gasteiger partial charge in [0.25, 0.3) is 0 Å². The molecule has 0 aromatic heterocycles. The zero-order valence-electron chi connectivity index (χ0n) is 19.4. The second-order valence-corrected chi connectivity index (χ2v) is 14.7. The van der Waals surface area contributed by atoms with Crippen molar-refractivity contribution in [3.8, 4) is 11.5 Å². The Kier molecular flexibility index (Phi) is 7.08. The molecule has 0 unspecified atom stereocenters. The van der Waals surface area contributed by atoms with Gasteiger partial charge in [0.2, 0.25) is 0 Å². The number of nitrogens with zero attached hydrogens (tertiary/aromatic N) is 2. The van der Waals surface area contributed by atoms with Crippen LogP contribution < -0.4 is 5.73 Å². The van der Waals surface area contributed by atoms with E-state index < -0.39 is 13.7 Å². The Bertz CT molecular complexity index is 818. The van der Waals surface area contributed by atoms with Crippen LogP contribution in [-0.2, 0) is 11.3 Å². The molecule has 29 heavy (non-hydrogen) atoms. The second kappa shape index (κ2) is 8.81. The van der Waals surface area contributed by atoms with E-state index in [2.05, 4.69) is 55.9 Å².